The van der Waals surface area contributed by atoms with Crippen LogP contribution >= 0.6 is 15.9 Å². The van der Waals surface area contributed by atoms with E-state index >= 15 is 0 Å². The second-order valence-corrected chi connectivity index (χ2v) is 8.74. The van der Waals surface area contributed by atoms with Crippen molar-refractivity contribution in [3.8, 4) is 0 Å². The summed E-state index contributed by atoms with van der Waals surface area (Å²) in [6.07, 6.45) is 0.380. The highest BCUT2D eigenvalue weighted by molar-refractivity contribution is 9.10. The number of carbonyl (C=O) groups excluding carboxylic acids is 2. The molecule has 1 N–H and O–H groups in total. The molecule has 29 heavy (non-hydrogen) atoms. The van der Waals surface area contributed by atoms with E-state index in [0.29, 0.717) is 25.1 Å². The molecule has 1 aromatic carbocycles. The van der Waals surface area contributed by atoms with Gasteiger partial charge in [-0.2, -0.15) is 0 Å². The van der Waals surface area contributed by atoms with Gasteiger partial charge in [-0.15, -0.1) is 0 Å². The maximum atomic E-state index is 13.1. The Morgan fingerprint density at radius 1 is 1.00 bits per heavy atom. The lowest BCUT2D eigenvalue weighted by atomic mass is 10.2. The van der Waals surface area contributed by atoms with E-state index in [-0.39, 0.29) is 11.8 Å². The van der Waals surface area contributed by atoms with Crippen molar-refractivity contribution >= 4 is 27.7 Å². The first-order chi connectivity index (χ1) is 14.0. The van der Waals surface area contributed by atoms with E-state index < -0.39 is 0 Å². The third-order valence-corrected chi connectivity index (χ3v) is 6.25. The number of rotatable bonds is 7. The molecule has 2 fully saturated rings. The van der Waals surface area contributed by atoms with Gasteiger partial charge in [0.15, 0.2) is 0 Å². The van der Waals surface area contributed by atoms with E-state index in [1.54, 1.807) is 0 Å². The van der Waals surface area contributed by atoms with Crippen LogP contribution in [0.1, 0.15) is 16.8 Å². The molecule has 0 radical (unpaired) electrons. The van der Waals surface area contributed by atoms with Crippen molar-refractivity contribution in [2.75, 3.05) is 79.0 Å². The summed E-state index contributed by atoms with van der Waals surface area (Å²) >= 11 is 3.42. The Kier molecular flexibility index (Phi) is 8.47. The fraction of sp³-hybridized carbons (Fsp3) is 0.619. The molecular formula is C21H32BrN5O2. The molecule has 2 amide bonds. The first-order valence-corrected chi connectivity index (χ1v) is 11.3. The standard InChI is InChI=1S/C21H32BrN5O2/c1-24-12-14-25(15-13-24)16-17-27(21(29)18-2-4-19(22)5-3-18)9-6-20(28)26-10-7-23-8-11-26/h2-5,23H,6-17H2,1H3. The van der Waals surface area contributed by atoms with Crippen molar-refractivity contribution < 1.29 is 9.59 Å². The van der Waals surface area contributed by atoms with Crippen LogP contribution in [0.5, 0.6) is 0 Å². The van der Waals surface area contributed by atoms with Crippen LogP contribution in [-0.2, 0) is 4.79 Å². The maximum absolute atomic E-state index is 13.1. The fourth-order valence-electron chi connectivity index (χ4n) is 3.73. The van der Waals surface area contributed by atoms with E-state index in [1.807, 2.05) is 34.1 Å². The van der Waals surface area contributed by atoms with E-state index in [1.165, 1.54) is 0 Å². The van der Waals surface area contributed by atoms with Crippen molar-refractivity contribution in [2.45, 2.75) is 6.42 Å². The molecule has 0 saturated carbocycles. The Balaban J connectivity index is 1.59. The SMILES string of the molecule is CN1CCN(CCN(CCC(=O)N2CCNCC2)C(=O)c2ccc(Br)cc2)CC1. The van der Waals surface area contributed by atoms with Crippen LogP contribution in [0.25, 0.3) is 0 Å². The van der Waals surface area contributed by atoms with Gasteiger partial charge in [0, 0.05) is 88.4 Å². The molecular weight excluding hydrogens is 434 g/mol. The zero-order valence-corrected chi connectivity index (χ0v) is 18.9. The van der Waals surface area contributed by atoms with Crippen molar-refractivity contribution in [3.63, 3.8) is 0 Å². The number of hydrogen-bond donors (Lipinski definition) is 1. The van der Waals surface area contributed by atoms with Gasteiger partial charge in [-0.3, -0.25) is 14.5 Å². The smallest absolute Gasteiger partial charge is 0.253 e. The van der Waals surface area contributed by atoms with E-state index in [0.717, 1.165) is 63.4 Å². The van der Waals surface area contributed by atoms with Gasteiger partial charge < -0.3 is 20.0 Å². The lowest BCUT2D eigenvalue weighted by Crippen LogP contribution is -2.49. The van der Waals surface area contributed by atoms with Crippen molar-refractivity contribution in [1.29, 1.82) is 0 Å². The molecule has 3 rings (SSSR count). The first kappa shape index (κ1) is 22.2. The van der Waals surface area contributed by atoms with Gasteiger partial charge in [0.25, 0.3) is 5.91 Å². The molecule has 8 heteroatoms. The van der Waals surface area contributed by atoms with E-state index in [2.05, 4.69) is 38.1 Å². The van der Waals surface area contributed by atoms with Gasteiger partial charge in [0.05, 0.1) is 0 Å². The number of benzene rings is 1. The third-order valence-electron chi connectivity index (χ3n) is 5.73. The highest BCUT2D eigenvalue weighted by Crippen LogP contribution is 2.13. The second kappa shape index (κ2) is 11.1. The summed E-state index contributed by atoms with van der Waals surface area (Å²) in [7, 11) is 2.14. The van der Waals surface area contributed by atoms with Crippen LogP contribution in [0, 0.1) is 0 Å². The summed E-state index contributed by atoms with van der Waals surface area (Å²) in [4.78, 5) is 34.2. The second-order valence-electron chi connectivity index (χ2n) is 7.82. The number of nitrogens with zero attached hydrogens (tertiary/aromatic N) is 4. The summed E-state index contributed by atoms with van der Waals surface area (Å²) in [6, 6.07) is 7.45. The summed E-state index contributed by atoms with van der Waals surface area (Å²) in [5.41, 5.74) is 0.668. The molecule has 0 spiro atoms. The van der Waals surface area contributed by atoms with Crippen molar-refractivity contribution in [3.05, 3.63) is 34.3 Å². The monoisotopic (exact) mass is 465 g/mol. The van der Waals surface area contributed by atoms with E-state index in [9.17, 15) is 9.59 Å². The van der Waals surface area contributed by atoms with Crippen molar-refractivity contribution in [1.82, 2.24) is 24.9 Å². The van der Waals surface area contributed by atoms with Crippen LogP contribution in [0.3, 0.4) is 0 Å². The molecule has 2 heterocycles. The zero-order chi connectivity index (χ0) is 20.6. The molecule has 2 saturated heterocycles. The van der Waals surface area contributed by atoms with Gasteiger partial charge in [-0.05, 0) is 31.3 Å². The largest absolute Gasteiger partial charge is 0.340 e. The Hall–Kier alpha value is -1.48. The van der Waals surface area contributed by atoms with Gasteiger partial charge in [0.1, 0.15) is 0 Å². The molecule has 160 valence electrons. The molecule has 0 aromatic heterocycles. The maximum Gasteiger partial charge on any atom is 0.253 e. The van der Waals surface area contributed by atoms with Gasteiger partial charge in [-0.1, -0.05) is 15.9 Å². The minimum absolute atomic E-state index is 0.000242. The number of likely N-dealkylation sites (N-methyl/N-ethyl adjacent to an activating group) is 1. The third kappa shape index (κ3) is 6.77. The molecule has 0 unspecified atom stereocenters. The normalized spacial score (nSPS) is 18.6. The predicted molar refractivity (Wildman–Crippen MR) is 118 cm³/mol. The van der Waals surface area contributed by atoms with Crippen LogP contribution in [0.2, 0.25) is 0 Å². The Labute approximate surface area is 182 Å². The van der Waals surface area contributed by atoms with Crippen LogP contribution in [-0.4, -0.2) is 110 Å². The predicted octanol–water partition coefficient (Wildman–Crippen LogP) is 0.961. The van der Waals surface area contributed by atoms with Gasteiger partial charge in [-0.25, -0.2) is 0 Å². The summed E-state index contributed by atoms with van der Waals surface area (Å²) in [5, 5.41) is 3.27. The number of amides is 2. The zero-order valence-electron chi connectivity index (χ0n) is 17.3. The first-order valence-electron chi connectivity index (χ1n) is 10.5. The fourth-order valence-corrected chi connectivity index (χ4v) is 3.99. The summed E-state index contributed by atoms with van der Waals surface area (Å²) in [5.74, 6) is 0.138. The number of piperazine rings is 2. The lowest BCUT2D eigenvalue weighted by Gasteiger charge is -2.34. The molecule has 1 aromatic rings. The minimum atomic E-state index is -0.000242. The molecule has 0 atom stereocenters. The number of halogens is 1. The van der Waals surface area contributed by atoms with Crippen LogP contribution in [0.4, 0.5) is 0 Å². The highest BCUT2D eigenvalue weighted by Gasteiger charge is 2.22. The molecule has 2 aliphatic heterocycles. The number of nitrogens with one attached hydrogen (secondary N) is 1. The topological polar surface area (TPSA) is 59.1 Å². The van der Waals surface area contributed by atoms with Gasteiger partial charge >= 0.3 is 0 Å². The van der Waals surface area contributed by atoms with E-state index in [4.69, 9.17) is 0 Å². The average Bonchev–Trinajstić information content (AvgIpc) is 2.75. The molecule has 0 bridgehead atoms. The molecule has 2 aliphatic rings. The summed E-state index contributed by atoms with van der Waals surface area (Å²) < 4.78 is 0.951. The number of carbonyl (C=O) groups is 2. The minimum Gasteiger partial charge on any atom is -0.340 e. The Morgan fingerprint density at radius 2 is 1.66 bits per heavy atom. The molecule has 0 aliphatic carbocycles. The number of hydrogen-bond acceptors (Lipinski definition) is 5. The lowest BCUT2D eigenvalue weighted by molar-refractivity contribution is -0.131. The van der Waals surface area contributed by atoms with Crippen molar-refractivity contribution in [2.24, 2.45) is 0 Å². The van der Waals surface area contributed by atoms with Crippen LogP contribution in [0.15, 0.2) is 28.7 Å². The Morgan fingerprint density at radius 3 is 2.31 bits per heavy atom. The van der Waals surface area contributed by atoms with Gasteiger partial charge in [0.2, 0.25) is 5.91 Å². The van der Waals surface area contributed by atoms with Crippen LogP contribution < -0.4 is 5.32 Å². The quantitative estimate of drug-likeness (QED) is 0.649. The Bertz CT molecular complexity index is 670. The average molecular weight is 466 g/mol. The highest BCUT2D eigenvalue weighted by atomic mass is 79.9. The summed E-state index contributed by atoms with van der Waals surface area (Å²) in [6.45, 7) is 9.31. The molecule has 7 nitrogen and oxygen atoms in total.